The van der Waals surface area contributed by atoms with Crippen LogP contribution in [0.5, 0.6) is 0 Å². The fraction of sp³-hybridized carbons (Fsp3) is 0.125. The fourth-order valence-electron chi connectivity index (χ4n) is 3.52. The molecule has 1 heterocycles. The fourth-order valence-corrected chi connectivity index (χ4v) is 3.52. The summed E-state index contributed by atoms with van der Waals surface area (Å²) in [6, 6.07) is 13.5. The van der Waals surface area contributed by atoms with Gasteiger partial charge in [0.25, 0.3) is 0 Å². The van der Waals surface area contributed by atoms with Gasteiger partial charge in [-0.2, -0.15) is 9.56 Å². The number of nitrogens with one attached hydrogen (secondary N) is 1. The van der Waals surface area contributed by atoms with Crippen LogP contribution in [0.25, 0.3) is 11.4 Å². The number of anilines is 1. The van der Waals surface area contributed by atoms with Gasteiger partial charge in [0, 0.05) is 0 Å². The van der Waals surface area contributed by atoms with Crippen LogP contribution in [0, 0.1) is 30.6 Å². The minimum absolute atomic E-state index is 0.0507. The molecule has 0 fully saturated rings. The molecule has 182 valence electrons. The lowest BCUT2D eigenvalue weighted by molar-refractivity contribution is 0.366. The van der Waals surface area contributed by atoms with Gasteiger partial charge in [0.05, 0.1) is 22.7 Å². The smallest absolute Gasteiger partial charge is 0.374 e. The first-order valence-electron chi connectivity index (χ1n) is 10.6. The average Bonchev–Trinajstić information content (AvgIpc) is 2.86. The zero-order valence-corrected chi connectivity index (χ0v) is 19.4. The highest BCUT2D eigenvalue weighted by Crippen LogP contribution is 2.25. The molecule has 0 aliphatic rings. The van der Waals surface area contributed by atoms with Gasteiger partial charge in [0.15, 0.2) is 0 Å². The zero-order valence-electron chi connectivity index (χ0n) is 19.4. The summed E-state index contributed by atoms with van der Waals surface area (Å²) in [5.74, 6) is -1.07. The molecule has 12 heteroatoms. The van der Waals surface area contributed by atoms with Crippen molar-refractivity contribution in [1.82, 2.24) is 9.13 Å². The summed E-state index contributed by atoms with van der Waals surface area (Å²) in [5, 5.41) is 15.4. The standard InChI is InChI=1S/C24H20N6O6/c1-13-4-7-16(10-19(13)26-33)25-22-29(17-8-5-14(2)20(11-17)27-34)23(31)30(24(32)36-22)18-9-6-15(3)21(12-18)28-35/h4-12,27,34H,1-3H3/b25-22-. The van der Waals surface area contributed by atoms with Gasteiger partial charge in [-0.15, -0.1) is 9.81 Å². The maximum absolute atomic E-state index is 13.7. The maximum atomic E-state index is 13.7. The quantitative estimate of drug-likeness (QED) is 0.301. The minimum atomic E-state index is -1.07. The van der Waals surface area contributed by atoms with Gasteiger partial charge >= 0.3 is 17.1 Å². The SMILES string of the molecule is Cc1ccc(/N=c2\oc(=O)n(-c3ccc(C)c(N=O)c3)c(=O)n2-c2ccc(C)c(NO)c2)cc1N=O. The summed E-state index contributed by atoms with van der Waals surface area (Å²) >= 11 is 0. The predicted octanol–water partition coefficient (Wildman–Crippen LogP) is 4.34. The second-order valence-corrected chi connectivity index (χ2v) is 7.95. The number of nitroso groups, excluding NO2 is 2. The molecule has 4 rings (SSSR count). The predicted molar refractivity (Wildman–Crippen MR) is 132 cm³/mol. The molecule has 0 unspecified atom stereocenters. The van der Waals surface area contributed by atoms with Crippen LogP contribution in [0.1, 0.15) is 16.7 Å². The molecule has 4 aromatic rings. The van der Waals surface area contributed by atoms with Gasteiger partial charge in [0.2, 0.25) is 0 Å². The van der Waals surface area contributed by atoms with E-state index in [1.54, 1.807) is 51.1 Å². The molecule has 0 saturated heterocycles. The van der Waals surface area contributed by atoms with E-state index in [1.807, 2.05) is 0 Å². The van der Waals surface area contributed by atoms with E-state index >= 15 is 0 Å². The molecule has 1 aromatic heterocycles. The van der Waals surface area contributed by atoms with Gasteiger partial charge in [0.1, 0.15) is 11.4 Å². The molecule has 0 radical (unpaired) electrons. The monoisotopic (exact) mass is 488 g/mol. The summed E-state index contributed by atoms with van der Waals surface area (Å²) in [6.45, 7) is 5.09. The van der Waals surface area contributed by atoms with Gasteiger partial charge in [-0.1, -0.05) is 18.2 Å². The Morgan fingerprint density at radius 3 is 2.00 bits per heavy atom. The van der Waals surface area contributed by atoms with Crippen molar-refractivity contribution in [3.63, 3.8) is 0 Å². The van der Waals surface area contributed by atoms with Gasteiger partial charge in [-0.25, -0.2) is 14.2 Å². The molecule has 0 aliphatic heterocycles. The first kappa shape index (κ1) is 24.2. The number of aromatic nitrogens is 2. The highest BCUT2D eigenvalue weighted by molar-refractivity contribution is 5.57. The van der Waals surface area contributed by atoms with Gasteiger partial charge in [-0.3, -0.25) is 10.7 Å². The zero-order chi connectivity index (χ0) is 26.0. The summed E-state index contributed by atoms with van der Waals surface area (Å²) in [5.41, 5.74) is 3.61. The summed E-state index contributed by atoms with van der Waals surface area (Å²) in [7, 11) is 0. The van der Waals surface area contributed by atoms with Crippen molar-refractivity contribution in [1.29, 1.82) is 0 Å². The lowest BCUT2D eigenvalue weighted by Gasteiger charge is -2.12. The molecule has 0 atom stereocenters. The summed E-state index contributed by atoms with van der Waals surface area (Å²) < 4.78 is 7.19. The molecule has 12 nitrogen and oxygen atoms in total. The Hall–Kier alpha value is -4.97. The third-order valence-corrected chi connectivity index (χ3v) is 5.60. The number of benzene rings is 3. The minimum Gasteiger partial charge on any atom is -0.374 e. The Morgan fingerprint density at radius 2 is 1.36 bits per heavy atom. The maximum Gasteiger partial charge on any atom is 0.430 e. The Labute approximate surface area is 202 Å². The van der Waals surface area contributed by atoms with E-state index in [1.165, 1.54) is 24.3 Å². The van der Waals surface area contributed by atoms with Crippen LogP contribution in [0.15, 0.2) is 83.9 Å². The molecule has 0 saturated carbocycles. The number of nitrogens with zero attached hydrogens (tertiary/aromatic N) is 5. The highest BCUT2D eigenvalue weighted by atomic mass is 16.5. The molecule has 0 bridgehead atoms. The summed E-state index contributed by atoms with van der Waals surface area (Å²) in [4.78, 5) is 53.3. The van der Waals surface area contributed by atoms with Crippen LogP contribution < -0.4 is 22.6 Å². The molecule has 0 aliphatic carbocycles. The van der Waals surface area contributed by atoms with Crippen LogP contribution in [0.3, 0.4) is 0 Å². The lowest BCUT2D eigenvalue weighted by Crippen LogP contribution is -2.45. The van der Waals surface area contributed by atoms with E-state index in [9.17, 15) is 24.6 Å². The second kappa shape index (κ2) is 9.72. The van der Waals surface area contributed by atoms with Crippen molar-refractivity contribution in [2.45, 2.75) is 20.8 Å². The third-order valence-electron chi connectivity index (χ3n) is 5.60. The topological polar surface area (TPSA) is 161 Å². The Kier molecular flexibility index (Phi) is 6.52. The first-order chi connectivity index (χ1) is 17.3. The third kappa shape index (κ3) is 4.40. The number of hydrogen-bond acceptors (Lipinski definition) is 10. The van der Waals surface area contributed by atoms with Crippen LogP contribution >= 0.6 is 0 Å². The van der Waals surface area contributed by atoms with Crippen LogP contribution in [-0.2, 0) is 0 Å². The van der Waals surface area contributed by atoms with E-state index < -0.39 is 17.1 Å². The van der Waals surface area contributed by atoms with E-state index in [0.717, 1.165) is 9.13 Å². The number of rotatable bonds is 6. The lowest BCUT2D eigenvalue weighted by atomic mass is 10.2. The van der Waals surface area contributed by atoms with Crippen molar-refractivity contribution < 1.29 is 9.62 Å². The van der Waals surface area contributed by atoms with Crippen LogP contribution in [-0.4, -0.2) is 14.3 Å². The van der Waals surface area contributed by atoms with Crippen molar-refractivity contribution >= 4 is 22.7 Å². The van der Waals surface area contributed by atoms with E-state index in [2.05, 4.69) is 20.8 Å². The van der Waals surface area contributed by atoms with E-state index in [-0.39, 0.29) is 28.4 Å². The molecule has 0 spiro atoms. The van der Waals surface area contributed by atoms with Crippen molar-refractivity contribution in [3.8, 4) is 11.4 Å². The summed E-state index contributed by atoms with van der Waals surface area (Å²) in [6.07, 6.45) is 0. The first-order valence-corrected chi connectivity index (χ1v) is 10.6. The number of hydrogen-bond donors (Lipinski definition) is 2. The van der Waals surface area contributed by atoms with Gasteiger partial charge in [-0.05, 0) is 84.2 Å². The van der Waals surface area contributed by atoms with E-state index in [0.29, 0.717) is 22.4 Å². The Bertz CT molecular complexity index is 1700. The van der Waals surface area contributed by atoms with Gasteiger partial charge < -0.3 is 4.42 Å². The molecule has 2 N–H and O–H groups in total. The Morgan fingerprint density at radius 1 is 0.778 bits per heavy atom. The normalized spacial score (nSPS) is 11.4. The van der Waals surface area contributed by atoms with E-state index in [4.69, 9.17) is 4.42 Å². The van der Waals surface area contributed by atoms with Crippen molar-refractivity contribution in [2.75, 3.05) is 5.48 Å². The molecular formula is C24H20N6O6. The average molecular weight is 488 g/mol. The largest absolute Gasteiger partial charge is 0.430 e. The molecular weight excluding hydrogens is 468 g/mol. The molecule has 0 amide bonds. The van der Waals surface area contributed by atoms with Crippen molar-refractivity contribution in [2.24, 2.45) is 15.3 Å². The highest BCUT2D eigenvalue weighted by Gasteiger charge is 2.17. The van der Waals surface area contributed by atoms with Crippen LogP contribution in [0.4, 0.5) is 22.7 Å². The second-order valence-electron chi connectivity index (χ2n) is 7.95. The molecule has 3 aromatic carbocycles. The van der Waals surface area contributed by atoms with Crippen molar-refractivity contribution in [3.05, 3.63) is 108 Å². The molecule has 36 heavy (non-hydrogen) atoms. The van der Waals surface area contributed by atoms with Crippen LogP contribution in [0.2, 0.25) is 0 Å². The Balaban J connectivity index is 2.09. The number of aryl methyl sites for hydroxylation is 3.